The van der Waals surface area contributed by atoms with Gasteiger partial charge < -0.3 is 174 Å². The van der Waals surface area contributed by atoms with Crippen LogP contribution in [-0.4, -0.2) is 252 Å². The van der Waals surface area contributed by atoms with Gasteiger partial charge in [0, 0.05) is 157 Å². The summed E-state index contributed by atoms with van der Waals surface area (Å²) < 4.78 is 50.9. The third-order valence-corrected chi connectivity index (χ3v) is 19.0. The van der Waals surface area contributed by atoms with Gasteiger partial charge in [0.05, 0.1) is 146 Å². The summed E-state index contributed by atoms with van der Waals surface area (Å²) in [6.07, 6.45) is -1.18. The first-order valence-electron chi connectivity index (χ1n) is 45.1. The SMILES string of the molecule is BrCBr.CC(=O)O.CN.NCOCOCN.O=C1c2ccccc2C(=O)N1CC1CO1.OCNC(c1ccccc1)(c1ccccc1)c1ccccc1.[CH2-]C(=O)Cl.[CH2-]C(=O)Cl.[CH2-]C(=O)NCOCOCNC([CH2-])=O.[CH2-]N(COCOCN([CH2-])CC(O)CN)CC(O)CN.[CH2-]NCOCOCN[CH2-].[Y].[Y].[Y].[Y].c1ccc(C(NCCOCNC(c2ccccc2)(c2ccccc2)c2ccccc2)(c2ccccc2)c2ccccc2)cc1. The number of nitrogens with two attached hydrogens (primary N) is 5. The molecule has 0 spiro atoms. The second-order valence-electron chi connectivity index (χ2n) is 29.5. The van der Waals surface area contributed by atoms with Gasteiger partial charge in [-0.3, -0.25) is 63.4 Å². The van der Waals surface area contributed by atoms with Crippen LogP contribution >= 0.6 is 55.1 Å². The quantitative estimate of drug-likeness (QED) is 0.00246. The number of hydrogen-bond donors (Lipinski definition) is 16. The van der Waals surface area contributed by atoms with Gasteiger partial charge in [-0.1, -0.05) is 340 Å². The van der Waals surface area contributed by atoms with Crippen molar-refractivity contribution >= 4 is 95.1 Å². The van der Waals surface area contributed by atoms with Gasteiger partial charge in [0.1, 0.15) is 33.8 Å². The molecule has 44 heteroatoms. The van der Waals surface area contributed by atoms with Crippen LogP contribution < -0.4 is 65.9 Å². The molecule has 0 bridgehead atoms. The number of halogens is 4. The molecule has 10 aromatic carbocycles. The third kappa shape index (κ3) is 64.3. The molecule has 0 aliphatic carbocycles. The molecule has 2 heterocycles. The van der Waals surface area contributed by atoms with Crippen molar-refractivity contribution in [1.29, 1.82) is 0 Å². The zero-order chi connectivity index (χ0) is 108. The minimum Gasteiger partial charge on any atom is -0.481 e. The number of ether oxygens (including phenoxy) is 10. The molecule has 0 saturated carbocycles. The van der Waals surface area contributed by atoms with Gasteiger partial charge >= 0.3 is 0 Å². The standard InChI is InChI=1S/C41H38N2O.C20H19NO.C11H26N4O4.C11H9NO3.C7H12N2O4.C5H12N2O2.C3H10N2O2.2C2H2ClO.C2H4O2.CH2Br2.CH5N.4Y/c1-7-19-34(20-8-1)40(35-21-9-2-10-22-35,36-23-11-3-12-24-36)42-31-32-44-33-43-41(37-25-13-4-14-26-37,38-27-15-5-16-28-38)39-29-17-6-18-30-39;22-16-21-20(17-10-4-1-5-11-17,18-12-6-2-7-13-18)19-14-8-3-9-15-19;1-14(5-10(16)3-12)7-18-9-19-8-15(2)6-11(17)4-13;13-10-8-3-1-2-4-9(8)11(14)12(10)5-7-6-15-7;1-6(10)8-3-12-5-13-4-9-7(2)11;1-6-3-8-5-9-4-7-2;4-1-6-3-7-2-5;3*1-2(3)4;2-1-3;1-2;;;;/h1-30,42-43H,31-33H2;1-15,21-22H,16H2;10-11,16-17H,1-9,12-13H2;1-4,7H,5-6H2;1-5H2,(H,8,10)(H,9,11);6-7H,1-5H2;1-5H2;2*1H2;1H3,(H,3,4);1H2;2H2,1H3;;;;/q;;-2;;2*-2;;2*-1;;;;;;;. The topological polar surface area (TPSA) is 520 Å². The minimum absolute atomic E-state index is 0. The third-order valence-electron chi connectivity index (χ3n) is 19.0. The number of aliphatic hydroxyl groups is 3. The van der Waals surface area contributed by atoms with Crippen molar-refractivity contribution in [1.82, 2.24) is 51.9 Å². The van der Waals surface area contributed by atoms with Gasteiger partial charge in [-0.2, -0.15) is 0 Å². The minimum atomic E-state index is -0.833. The van der Waals surface area contributed by atoms with E-state index in [4.69, 9.17) is 80.3 Å². The summed E-state index contributed by atoms with van der Waals surface area (Å²) in [4.78, 5) is 75.6. The molecule has 4 radical (unpaired) electrons. The van der Waals surface area contributed by atoms with Crippen LogP contribution in [0.15, 0.2) is 297 Å². The summed E-state index contributed by atoms with van der Waals surface area (Å²) in [6.45, 7) is 18.4. The van der Waals surface area contributed by atoms with Crippen molar-refractivity contribution in [2.24, 2.45) is 28.7 Å². The molecule has 150 heavy (non-hydrogen) atoms. The Morgan fingerprint density at radius 2 is 0.660 bits per heavy atom. The Bertz CT molecular complexity index is 4450. The van der Waals surface area contributed by atoms with E-state index < -0.39 is 57.1 Å². The number of carbonyl (C=O) groups excluding carboxylic acids is 6. The number of nitrogens with zero attached hydrogens (tertiary/aromatic N) is 3. The second-order valence-corrected chi connectivity index (χ2v) is 33.0. The Labute approximate surface area is 1010 Å². The fourth-order valence-corrected chi connectivity index (χ4v) is 13.1. The Morgan fingerprint density at radius 1 is 0.427 bits per heavy atom. The van der Waals surface area contributed by atoms with Crippen LogP contribution in [0.5, 0.6) is 0 Å². The number of rotatable bonds is 48. The van der Waals surface area contributed by atoms with E-state index in [2.05, 4.69) is 382 Å². The van der Waals surface area contributed by atoms with Gasteiger partial charge in [0.25, 0.3) is 17.8 Å². The van der Waals surface area contributed by atoms with E-state index in [-0.39, 0.29) is 236 Å². The summed E-state index contributed by atoms with van der Waals surface area (Å²) in [7, 11) is 15.5. The molecular weight excluding hydrogens is 2410 g/mol. The molecule has 3 unspecified atom stereocenters. The van der Waals surface area contributed by atoms with Crippen LogP contribution in [0, 0.1) is 55.9 Å². The summed E-state index contributed by atoms with van der Waals surface area (Å²) in [5, 5.41) is 55.2. The van der Waals surface area contributed by atoms with Crippen molar-refractivity contribution in [3.63, 3.8) is 0 Å². The first-order chi connectivity index (χ1) is 70.5. The molecule has 4 amide bonds. The zero-order valence-electron chi connectivity index (χ0n) is 84.7. The average Bonchev–Trinajstić information content (AvgIpc) is 1.25. The Morgan fingerprint density at radius 3 is 0.893 bits per heavy atom. The number of fused-ring (bicyclic) bond motifs is 1. The molecular formula is C106H141Br2Cl2N15O21Y4-8. The summed E-state index contributed by atoms with van der Waals surface area (Å²) in [6, 6.07) is 101. The summed E-state index contributed by atoms with van der Waals surface area (Å²) in [5.41, 5.74) is 34.6. The molecule has 21 N–H and O–H groups in total. The number of alkyl halides is 2. The fourth-order valence-electron chi connectivity index (χ4n) is 13.1. The maximum absolute atomic E-state index is 11.8. The number of aliphatic carboxylic acids is 1. The van der Waals surface area contributed by atoms with E-state index in [1.54, 1.807) is 34.1 Å². The van der Waals surface area contributed by atoms with Crippen molar-refractivity contribution in [2.45, 2.75) is 41.9 Å². The van der Waals surface area contributed by atoms with E-state index in [1.807, 2.05) is 54.6 Å². The molecule has 36 nitrogen and oxygen atoms in total. The molecule has 2 aliphatic rings. The van der Waals surface area contributed by atoms with Crippen LogP contribution in [0.1, 0.15) is 77.7 Å². The fraction of sp³-hybridized carbons (Fsp3) is 0.292. The average molecular weight is 2550 g/mol. The van der Waals surface area contributed by atoms with Crippen LogP contribution in [0.25, 0.3) is 0 Å². The number of carboxylic acid groups (broad SMARTS) is 1. The Hall–Kier alpha value is -6.47. The van der Waals surface area contributed by atoms with E-state index >= 15 is 0 Å². The predicted molar refractivity (Wildman–Crippen MR) is 574 cm³/mol. The molecule has 2 aliphatic heterocycles. The second kappa shape index (κ2) is 95.9. The number of imide groups is 1. The maximum Gasteiger partial charge on any atom is 0.300 e. The van der Waals surface area contributed by atoms with Gasteiger partial charge in [0.15, 0.2) is 6.79 Å². The molecule has 0 aromatic heterocycles. The zero-order valence-corrected chi connectivity index (χ0v) is 101. The van der Waals surface area contributed by atoms with E-state index in [0.717, 1.165) is 44.5 Å². The van der Waals surface area contributed by atoms with Gasteiger partial charge in [0.2, 0.25) is 0 Å². The van der Waals surface area contributed by atoms with Crippen molar-refractivity contribution < 1.29 is 232 Å². The number of amides is 4. The number of aliphatic hydroxyl groups excluding tert-OH is 3. The first kappa shape index (κ1) is 150. The Balaban J connectivity index is -0.000000862. The molecule has 1 saturated heterocycles. The number of carbonyl (C=O) groups is 7. The van der Waals surface area contributed by atoms with Crippen LogP contribution in [0.4, 0.5) is 0 Å². The number of carboxylic acids is 1. The molecule has 1 fully saturated rings. The van der Waals surface area contributed by atoms with Crippen LogP contribution in [0.3, 0.4) is 0 Å². The van der Waals surface area contributed by atoms with Crippen molar-refractivity contribution in [3.8, 4) is 0 Å². The summed E-state index contributed by atoms with van der Waals surface area (Å²) in [5.74, 6) is -2.09. The molecule has 814 valence electrons. The van der Waals surface area contributed by atoms with Gasteiger partial charge in [-0.25, -0.2) is 0 Å². The number of epoxide rings is 1. The Kier molecular flexibility index (Phi) is 95.8. The normalized spacial score (nSPS) is 11.8. The monoisotopic (exact) mass is 2540 g/mol. The molecule has 3 atom stereocenters. The number of nitrogens with one attached hydrogen (secondary N) is 7. The molecule has 12 rings (SSSR count). The van der Waals surface area contributed by atoms with Crippen LogP contribution in [-0.2, 0) is 219 Å². The van der Waals surface area contributed by atoms with Gasteiger partial charge in [-0.15, -0.1) is 0 Å². The van der Waals surface area contributed by atoms with E-state index in [1.165, 1.54) is 28.6 Å². The van der Waals surface area contributed by atoms with Crippen molar-refractivity contribution in [3.05, 3.63) is 414 Å². The maximum atomic E-state index is 11.8. The van der Waals surface area contributed by atoms with Crippen molar-refractivity contribution in [2.75, 3.05) is 158 Å². The smallest absolute Gasteiger partial charge is 0.300 e. The predicted octanol–water partition coefficient (Wildman–Crippen LogP) is 9.86. The number of benzene rings is 10. The largest absolute Gasteiger partial charge is 0.481 e. The van der Waals surface area contributed by atoms with Crippen LogP contribution in [0.2, 0.25) is 0 Å². The number of hydrogen-bond acceptors (Lipinski definition) is 32. The molecule has 10 aromatic rings. The first-order valence-corrected chi connectivity index (χ1v) is 48.1. The van der Waals surface area contributed by atoms with E-state index in [9.17, 15) is 34.5 Å². The van der Waals surface area contributed by atoms with Gasteiger partial charge in [-0.05, 0) is 82.3 Å². The van der Waals surface area contributed by atoms with E-state index in [0.29, 0.717) is 70.7 Å². The summed E-state index contributed by atoms with van der Waals surface area (Å²) >= 11 is 15.2.